The predicted molar refractivity (Wildman–Crippen MR) is 127 cm³/mol. The van der Waals surface area contributed by atoms with Crippen molar-refractivity contribution in [2.45, 2.75) is 6.54 Å². The molecule has 0 radical (unpaired) electrons. The third-order valence-corrected chi connectivity index (χ3v) is 5.03. The summed E-state index contributed by atoms with van der Waals surface area (Å²) >= 11 is 5.91. The van der Waals surface area contributed by atoms with Crippen LogP contribution in [0.3, 0.4) is 0 Å². The van der Waals surface area contributed by atoms with Gasteiger partial charge in [-0.25, -0.2) is 0 Å². The van der Waals surface area contributed by atoms with Crippen LogP contribution in [-0.4, -0.2) is 65.0 Å². The highest BCUT2D eigenvalue weighted by molar-refractivity contribution is 14.0. The summed E-state index contributed by atoms with van der Waals surface area (Å²) in [5, 5.41) is 7.90. The van der Waals surface area contributed by atoms with Gasteiger partial charge in [-0.15, -0.1) is 24.0 Å². The van der Waals surface area contributed by atoms with Crippen LogP contribution in [0.2, 0.25) is 5.02 Å². The minimum Gasteiger partial charge on any atom is -0.459 e. The zero-order valence-electron chi connectivity index (χ0n) is 16.8. The first-order chi connectivity index (χ1) is 14.6. The molecule has 1 saturated heterocycles. The fourth-order valence-corrected chi connectivity index (χ4v) is 3.33. The number of halogens is 2. The summed E-state index contributed by atoms with van der Waals surface area (Å²) in [6, 6.07) is 10.6. The fourth-order valence-electron chi connectivity index (χ4n) is 3.21. The number of furan rings is 1. The molecule has 1 aromatic carbocycles. The van der Waals surface area contributed by atoms with E-state index in [-0.39, 0.29) is 29.9 Å². The molecule has 31 heavy (non-hydrogen) atoms. The Kier molecular flexibility index (Phi) is 7.91. The van der Waals surface area contributed by atoms with E-state index in [2.05, 4.69) is 25.3 Å². The maximum atomic E-state index is 12.4. The number of nitrogens with zero attached hydrogens (tertiary/aromatic N) is 5. The third-order valence-electron chi connectivity index (χ3n) is 4.78. The lowest BCUT2D eigenvalue weighted by molar-refractivity contribution is 0.0657. The maximum Gasteiger partial charge on any atom is 0.289 e. The van der Waals surface area contributed by atoms with E-state index in [0.29, 0.717) is 61.2 Å². The Labute approximate surface area is 201 Å². The Hall–Kier alpha value is -2.60. The Morgan fingerprint density at radius 3 is 2.52 bits per heavy atom. The van der Waals surface area contributed by atoms with E-state index in [1.54, 1.807) is 36.2 Å². The normalized spacial score (nSPS) is 14.3. The van der Waals surface area contributed by atoms with E-state index in [1.165, 1.54) is 6.26 Å². The second-order valence-corrected chi connectivity index (χ2v) is 7.11. The van der Waals surface area contributed by atoms with Crippen molar-refractivity contribution in [3.63, 3.8) is 0 Å². The number of amides is 1. The summed E-state index contributed by atoms with van der Waals surface area (Å²) in [7, 11) is 1.72. The topological polar surface area (TPSA) is 100 Å². The van der Waals surface area contributed by atoms with Gasteiger partial charge in [0.05, 0.1) is 12.8 Å². The van der Waals surface area contributed by atoms with Gasteiger partial charge in [-0.05, 0) is 36.4 Å². The average Bonchev–Trinajstić information content (AvgIpc) is 3.47. The van der Waals surface area contributed by atoms with Crippen LogP contribution in [0.25, 0.3) is 11.4 Å². The molecule has 1 aliphatic rings. The van der Waals surface area contributed by atoms with Gasteiger partial charge in [0.1, 0.15) is 0 Å². The van der Waals surface area contributed by atoms with Gasteiger partial charge in [-0.3, -0.25) is 9.79 Å². The SMILES string of the molecule is CN=C(NCc1nc(-c2ccc(Cl)cc2)no1)N1CCN(C(=O)c2ccco2)CC1.I. The van der Waals surface area contributed by atoms with E-state index in [9.17, 15) is 4.79 Å². The van der Waals surface area contributed by atoms with E-state index in [1.807, 2.05) is 12.1 Å². The van der Waals surface area contributed by atoms with Gasteiger partial charge >= 0.3 is 0 Å². The summed E-state index contributed by atoms with van der Waals surface area (Å²) < 4.78 is 10.5. The van der Waals surface area contributed by atoms with Gasteiger partial charge in [0.15, 0.2) is 11.7 Å². The van der Waals surface area contributed by atoms with E-state index < -0.39 is 0 Å². The van der Waals surface area contributed by atoms with E-state index >= 15 is 0 Å². The van der Waals surface area contributed by atoms with E-state index in [0.717, 1.165) is 5.56 Å². The van der Waals surface area contributed by atoms with Crippen LogP contribution >= 0.6 is 35.6 Å². The predicted octanol–water partition coefficient (Wildman–Crippen LogP) is 3.13. The van der Waals surface area contributed by atoms with Gasteiger partial charge in [0, 0.05) is 43.8 Å². The summed E-state index contributed by atoms with van der Waals surface area (Å²) in [5.74, 6) is 1.93. The quantitative estimate of drug-likeness (QED) is 0.299. The molecule has 1 fully saturated rings. The van der Waals surface area contributed by atoms with Crippen LogP contribution in [0, 0.1) is 0 Å². The third kappa shape index (κ3) is 5.56. The highest BCUT2D eigenvalue weighted by Gasteiger charge is 2.25. The number of piperazine rings is 1. The van der Waals surface area contributed by atoms with Crippen LogP contribution in [0.15, 0.2) is 56.6 Å². The van der Waals surface area contributed by atoms with Crippen LogP contribution in [0.5, 0.6) is 0 Å². The lowest BCUT2D eigenvalue weighted by atomic mass is 10.2. The van der Waals surface area contributed by atoms with Gasteiger partial charge in [-0.1, -0.05) is 16.8 Å². The minimum absolute atomic E-state index is 0. The number of aromatic nitrogens is 2. The first-order valence-electron chi connectivity index (χ1n) is 9.51. The van der Waals surface area contributed by atoms with E-state index in [4.69, 9.17) is 20.5 Å². The number of hydrogen-bond donors (Lipinski definition) is 1. The largest absolute Gasteiger partial charge is 0.459 e. The minimum atomic E-state index is -0.0943. The van der Waals surface area contributed by atoms with Crippen molar-refractivity contribution in [3.8, 4) is 11.4 Å². The van der Waals surface area contributed by atoms with Crippen LogP contribution in [0.4, 0.5) is 0 Å². The van der Waals surface area contributed by atoms with Crippen molar-refractivity contribution in [2.75, 3.05) is 33.2 Å². The molecule has 0 unspecified atom stereocenters. The van der Waals surface area contributed by atoms with Crippen LogP contribution in [0.1, 0.15) is 16.4 Å². The number of carbonyl (C=O) groups is 1. The van der Waals surface area contributed by atoms with Crippen molar-refractivity contribution >= 4 is 47.4 Å². The maximum absolute atomic E-state index is 12.4. The molecule has 9 nitrogen and oxygen atoms in total. The summed E-state index contributed by atoms with van der Waals surface area (Å²) in [6.45, 7) is 2.83. The summed E-state index contributed by atoms with van der Waals surface area (Å²) in [5.41, 5.74) is 0.830. The second-order valence-electron chi connectivity index (χ2n) is 6.68. The highest BCUT2D eigenvalue weighted by Crippen LogP contribution is 2.18. The first kappa shape index (κ1) is 23.1. The number of benzene rings is 1. The van der Waals surface area contributed by atoms with Gasteiger partial charge in [0.25, 0.3) is 5.91 Å². The molecule has 0 spiro atoms. The Balaban J connectivity index is 0.00000272. The highest BCUT2D eigenvalue weighted by atomic mass is 127. The Bertz CT molecular complexity index is 1010. The van der Waals surface area contributed by atoms with Crippen LogP contribution in [-0.2, 0) is 6.54 Å². The molecule has 0 bridgehead atoms. The number of hydrogen-bond acceptors (Lipinski definition) is 6. The molecule has 1 aliphatic heterocycles. The molecule has 164 valence electrons. The average molecular weight is 557 g/mol. The second kappa shape index (κ2) is 10.6. The van der Waals surface area contributed by atoms with Crippen molar-refractivity contribution in [3.05, 3.63) is 59.3 Å². The number of nitrogens with one attached hydrogen (secondary N) is 1. The van der Waals surface area contributed by atoms with Gasteiger partial charge < -0.3 is 24.1 Å². The first-order valence-corrected chi connectivity index (χ1v) is 9.89. The van der Waals surface area contributed by atoms with Gasteiger partial charge in [-0.2, -0.15) is 4.98 Å². The summed E-state index contributed by atoms with van der Waals surface area (Å²) in [6.07, 6.45) is 1.51. The zero-order chi connectivity index (χ0) is 20.9. The number of aliphatic imine (C=N–C) groups is 1. The molecule has 0 atom stereocenters. The Morgan fingerprint density at radius 1 is 1.16 bits per heavy atom. The molecule has 3 heterocycles. The molecule has 4 rings (SSSR count). The lowest BCUT2D eigenvalue weighted by Gasteiger charge is -2.36. The Morgan fingerprint density at radius 2 is 1.87 bits per heavy atom. The van der Waals surface area contributed by atoms with Gasteiger partial charge in [0.2, 0.25) is 11.7 Å². The number of guanidine groups is 1. The standard InChI is InChI=1S/C20H21ClN6O3.HI/c1-22-20(27-10-8-26(9-11-27)19(28)16-3-2-12-29-16)23-13-17-24-18(25-30-17)14-4-6-15(21)7-5-14;/h2-7,12H,8-11,13H2,1H3,(H,22,23);1H. The van der Waals surface area contributed by atoms with Crippen molar-refractivity contribution < 1.29 is 13.7 Å². The molecule has 1 amide bonds. The number of rotatable bonds is 4. The monoisotopic (exact) mass is 556 g/mol. The molecular weight excluding hydrogens is 535 g/mol. The van der Waals surface area contributed by atoms with Crippen molar-refractivity contribution in [2.24, 2.45) is 4.99 Å². The fraction of sp³-hybridized carbons (Fsp3) is 0.300. The molecule has 2 aromatic heterocycles. The number of carbonyl (C=O) groups excluding carboxylic acids is 1. The molecule has 1 N–H and O–H groups in total. The lowest BCUT2D eigenvalue weighted by Crippen LogP contribution is -2.53. The molecule has 3 aromatic rings. The summed E-state index contributed by atoms with van der Waals surface area (Å²) in [4.78, 5) is 25.0. The van der Waals surface area contributed by atoms with Crippen molar-refractivity contribution in [1.82, 2.24) is 25.3 Å². The molecule has 11 heteroatoms. The van der Waals surface area contributed by atoms with Crippen LogP contribution < -0.4 is 5.32 Å². The zero-order valence-corrected chi connectivity index (χ0v) is 19.9. The smallest absolute Gasteiger partial charge is 0.289 e. The molecular formula is C20H22ClIN6O3. The van der Waals surface area contributed by atoms with Crippen molar-refractivity contribution in [1.29, 1.82) is 0 Å². The molecule has 0 aliphatic carbocycles. The molecule has 0 saturated carbocycles.